The summed E-state index contributed by atoms with van der Waals surface area (Å²) in [7, 11) is 0. The Morgan fingerprint density at radius 3 is 2.95 bits per heavy atom. The van der Waals surface area contributed by atoms with E-state index < -0.39 is 0 Å². The van der Waals surface area contributed by atoms with Crippen molar-refractivity contribution in [2.45, 2.75) is 39.2 Å². The molecule has 2 heterocycles. The summed E-state index contributed by atoms with van der Waals surface area (Å²) in [5, 5.41) is 2.93. The number of nitrogens with one attached hydrogen (secondary N) is 1. The molecular weight excluding hydrogens is 242 g/mol. The van der Waals surface area contributed by atoms with Crippen molar-refractivity contribution in [2.24, 2.45) is 0 Å². The Bertz CT molecular complexity index is 537. The van der Waals surface area contributed by atoms with Gasteiger partial charge in [-0.25, -0.2) is 15.0 Å². The van der Waals surface area contributed by atoms with Gasteiger partial charge in [-0.2, -0.15) is 0 Å². The van der Waals surface area contributed by atoms with Crippen LogP contribution in [-0.2, 0) is 11.3 Å². The molecular formula is C13H19N5O. The summed E-state index contributed by atoms with van der Waals surface area (Å²) in [6.45, 7) is 3.35. The molecule has 102 valence electrons. The number of anilines is 1. The quantitative estimate of drug-likeness (QED) is 0.581. The van der Waals surface area contributed by atoms with E-state index >= 15 is 0 Å². The summed E-state index contributed by atoms with van der Waals surface area (Å²) in [6, 6.07) is 0. The number of carbonyl (C=O) groups excluding carboxylic acids is 1. The van der Waals surface area contributed by atoms with Crippen molar-refractivity contribution < 1.29 is 4.79 Å². The van der Waals surface area contributed by atoms with Gasteiger partial charge in [0, 0.05) is 6.54 Å². The highest BCUT2D eigenvalue weighted by molar-refractivity contribution is 5.83. The number of hydrogen-bond donors (Lipinski definition) is 1. The first-order valence-corrected chi connectivity index (χ1v) is 6.70. The maximum Gasteiger partial charge on any atom is 0.165 e. The average Bonchev–Trinajstić information content (AvgIpc) is 2.85. The number of hydrogen-bond acceptors (Lipinski definition) is 5. The molecule has 0 bridgehead atoms. The van der Waals surface area contributed by atoms with Crippen molar-refractivity contribution in [1.82, 2.24) is 19.5 Å². The Labute approximate surface area is 112 Å². The van der Waals surface area contributed by atoms with Gasteiger partial charge in [0.15, 0.2) is 11.5 Å². The van der Waals surface area contributed by atoms with Crippen LogP contribution in [0.25, 0.3) is 11.2 Å². The van der Waals surface area contributed by atoms with E-state index in [0.29, 0.717) is 5.82 Å². The summed E-state index contributed by atoms with van der Waals surface area (Å²) in [6.07, 6.45) is 8.92. The number of nitrogens with zero attached hydrogens (tertiary/aromatic N) is 4. The van der Waals surface area contributed by atoms with E-state index in [1.807, 2.05) is 4.57 Å². The molecule has 0 unspecified atom stereocenters. The maximum absolute atomic E-state index is 10.4. The Hall–Kier alpha value is -1.98. The molecule has 0 radical (unpaired) electrons. The molecule has 0 aliphatic heterocycles. The van der Waals surface area contributed by atoms with Gasteiger partial charge in [0.2, 0.25) is 0 Å². The minimum atomic E-state index is 0.232. The van der Waals surface area contributed by atoms with E-state index in [0.717, 1.165) is 30.4 Å². The molecule has 1 N–H and O–H groups in total. The Morgan fingerprint density at radius 2 is 2.16 bits per heavy atom. The number of aldehydes is 1. The van der Waals surface area contributed by atoms with E-state index in [9.17, 15) is 4.79 Å². The zero-order valence-electron chi connectivity index (χ0n) is 11.2. The summed E-state index contributed by atoms with van der Waals surface area (Å²) in [4.78, 5) is 23.1. The molecule has 2 rings (SSSR count). The third kappa shape index (κ3) is 3.27. The molecule has 0 saturated heterocycles. The van der Waals surface area contributed by atoms with E-state index in [1.165, 1.54) is 25.6 Å². The van der Waals surface area contributed by atoms with Gasteiger partial charge in [-0.3, -0.25) is 0 Å². The van der Waals surface area contributed by atoms with Gasteiger partial charge < -0.3 is 14.7 Å². The van der Waals surface area contributed by atoms with Crippen molar-refractivity contribution in [2.75, 3.05) is 11.9 Å². The fourth-order valence-corrected chi connectivity index (χ4v) is 2.02. The maximum atomic E-state index is 10.4. The van der Waals surface area contributed by atoms with Gasteiger partial charge in [-0.1, -0.05) is 26.2 Å². The predicted molar refractivity (Wildman–Crippen MR) is 74.0 cm³/mol. The lowest BCUT2D eigenvalue weighted by Crippen LogP contribution is -2.05. The van der Waals surface area contributed by atoms with Gasteiger partial charge in [0.25, 0.3) is 0 Å². The first-order valence-electron chi connectivity index (χ1n) is 6.70. The fraction of sp³-hybridized carbons (Fsp3) is 0.538. The third-order valence-corrected chi connectivity index (χ3v) is 3.01. The van der Waals surface area contributed by atoms with Crippen LogP contribution in [0.5, 0.6) is 0 Å². The van der Waals surface area contributed by atoms with Crippen LogP contribution < -0.4 is 5.32 Å². The number of aromatic nitrogens is 4. The molecule has 6 heteroatoms. The lowest BCUT2D eigenvalue weighted by atomic mass is 10.2. The average molecular weight is 261 g/mol. The minimum absolute atomic E-state index is 0.232. The molecule has 0 fully saturated rings. The first-order chi connectivity index (χ1) is 9.36. The normalized spacial score (nSPS) is 10.8. The van der Waals surface area contributed by atoms with Gasteiger partial charge in [-0.15, -0.1) is 0 Å². The molecule has 2 aromatic heterocycles. The van der Waals surface area contributed by atoms with Crippen LogP contribution in [0.2, 0.25) is 0 Å². The summed E-state index contributed by atoms with van der Waals surface area (Å²) in [5.74, 6) is 0.615. The van der Waals surface area contributed by atoms with E-state index in [-0.39, 0.29) is 6.54 Å². The highest BCUT2D eigenvalue weighted by Gasteiger charge is 2.09. The predicted octanol–water partition coefficient (Wildman–Crippen LogP) is 2.02. The van der Waals surface area contributed by atoms with Crippen LogP contribution in [0.3, 0.4) is 0 Å². The van der Waals surface area contributed by atoms with Crippen LogP contribution in [-0.4, -0.2) is 32.3 Å². The van der Waals surface area contributed by atoms with Gasteiger partial charge in [0.1, 0.15) is 18.1 Å². The van der Waals surface area contributed by atoms with Crippen molar-refractivity contribution in [1.29, 1.82) is 0 Å². The van der Waals surface area contributed by atoms with Crippen LogP contribution in [0.15, 0.2) is 12.7 Å². The number of unbranched alkanes of at least 4 members (excludes halogenated alkanes) is 3. The van der Waals surface area contributed by atoms with Gasteiger partial charge >= 0.3 is 0 Å². The molecule has 0 saturated carbocycles. The fourth-order valence-electron chi connectivity index (χ4n) is 2.02. The molecule has 0 aromatic carbocycles. The second kappa shape index (κ2) is 6.82. The highest BCUT2D eigenvalue weighted by Crippen LogP contribution is 2.17. The summed E-state index contributed by atoms with van der Waals surface area (Å²) < 4.78 is 2.04. The molecule has 0 amide bonds. The van der Waals surface area contributed by atoms with E-state index in [4.69, 9.17) is 0 Å². The second-order valence-electron chi connectivity index (χ2n) is 4.44. The van der Waals surface area contributed by atoms with Crippen LogP contribution in [0.1, 0.15) is 32.6 Å². The first kappa shape index (κ1) is 13.5. The number of fused-ring (bicyclic) bond motifs is 1. The minimum Gasteiger partial charge on any atom is -0.361 e. The standard InChI is InChI=1S/C13H19N5O/c1-2-3-4-5-7-18-10-17-11-12(14-6-8-19)15-9-16-13(11)18/h8-10H,2-7H2,1H3,(H,14,15,16). The monoisotopic (exact) mass is 261 g/mol. The largest absolute Gasteiger partial charge is 0.361 e. The Balaban J connectivity index is 2.11. The van der Waals surface area contributed by atoms with E-state index in [1.54, 1.807) is 6.33 Å². The van der Waals surface area contributed by atoms with Crippen molar-refractivity contribution in [3.05, 3.63) is 12.7 Å². The van der Waals surface area contributed by atoms with Crippen molar-refractivity contribution in [3.8, 4) is 0 Å². The molecule has 2 aromatic rings. The SMILES string of the molecule is CCCCCCn1cnc2c(NCC=O)ncnc21. The lowest BCUT2D eigenvalue weighted by Gasteiger charge is -2.04. The number of carbonyl (C=O) groups is 1. The lowest BCUT2D eigenvalue weighted by molar-refractivity contribution is -0.106. The van der Waals surface area contributed by atoms with Crippen LogP contribution in [0.4, 0.5) is 5.82 Å². The molecule has 0 aliphatic carbocycles. The molecule has 0 aliphatic rings. The van der Waals surface area contributed by atoms with Crippen LogP contribution in [0, 0.1) is 0 Å². The van der Waals surface area contributed by atoms with Gasteiger partial charge in [-0.05, 0) is 6.42 Å². The van der Waals surface area contributed by atoms with Crippen LogP contribution >= 0.6 is 0 Å². The molecule has 19 heavy (non-hydrogen) atoms. The summed E-state index contributed by atoms with van der Waals surface area (Å²) in [5.41, 5.74) is 1.54. The second-order valence-corrected chi connectivity index (χ2v) is 4.44. The third-order valence-electron chi connectivity index (χ3n) is 3.01. The molecule has 0 spiro atoms. The topological polar surface area (TPSA) is 72.7 Å². The van der Waals surface area contributed by atoms with E-state index in [2.05, 4.69) is 27.2 Å². The zero-order chi connectivity index (χ0) is 13.5. The number of rotatable bonds is 8. The van der Waals surface area contributed by atoms with Crippen molar-refractivity contribution in [3.63, 3.8) is 0 Å². The zero-order valence-corrected chi connectivity index (χ0v) is 11.2. The highest BCUT2D eigenvalue weighted by atomic mass is 16.1. The Kier molecular flexibility index (Phi) is 4.83. The Morgan fingerprint density at radius 1 is 1.26 bits per heavy atom. The van der Waals surface area contributed by atoms with Crippen molar-refractivity contribution >= 4 is 23.3 Å². The number of imidazole rings is 1. The molecule has 6 nitrogen and oxygen atoms in total. The smallest absolute Gasteiger partial charge is 0.165 e. The molecule has 0 atom stereocenters. The summed E-state index contributed by atoms with van der Waals surface area (Å²) >= 11 is 0. The number of aryl methyl sites for hydroxylation is 1. The van der Waals surface area contributed by atoms with Gasteiger partial charge in [0.05, 0.1) is 12.9 Å².